The first kappa shape index (κ1) is 23.1. The van der Waals surface area contributed by atoms with Gasteiger partial charge in [-0.2, -0.15) is 5.06 Å². The minimum atomic E-state index is -1.06. The van der Waals surface area contributed by atoms with Crippen molar-refractivity contribution >= 4 is 23.4 Å². The molecule has 0 saturated carbocycles. The molecule has 0 aliphatic carbocycles. The highest BCUT2D eigenvalue weighted by molar-refractivity contribution is 6.17. The largest absolute Gasteiger partial charge is 0.344 e. The standard InChI is InChI=1S/C21H23F2N3O4/c1-14(24-19(27)11-15-9-16(22)12-17(23)10-15)21(29)26(18-7-5-4-6-8-18)20(28)13-25(2)30-3/h4-10,12,14H,11,13H2,1-3H3,(H,24,27)/t14-/m0/s1. The van der Waals surface area contributed by atoms with Gasteiger partial charge in [-0.05, 0) is 36.8 Å². The van der Waals surface area contributed by atoms with E-state index in [0.29, 0.717) is 11.8 Å². The van der Waals surface area contributed by atoms with E-state index in [0.717, 1.165) is 17.0 Å². The molecule has 7 nitrogen and oxygen atoms in total. The van der Waals surface area contributed by atoms with E-state index in [9.17, 15) is 23.2 Å². The smallest absolute Gasteiger partial charge is 0.256 e. The summed E-state index contributed by atoms with van der Waals surface area (Å²) in [4.78, 5) is 43.8. The highest BCUT2D eigenvalue weighted by Gasteiger charge is 2.29. The Hall–Kier alpha value is -3.17. The summed E-state index contributed by atoms with van der Waals surface area (Å²) in [7, 11) is 2.93. The lowest BCUT2D eigenvalue weighted by atomic mass is 10.1. The molecular weight excluding hydrogens is 396 g/mol. The first-order valence-corrected chi connectivity index (χ1v) is 9.12. The van der Waals surface area contributed by atoms with Crippen LogP contribution in [0.4, 0.5) is 14.5 Å². The number of carbonyl (C=O) groups excluding carboxylic acids is 3. The number of anilines is 1. The summed E-state index contributed by atoms with van der Waals surface area (Å²) in [6.07, 6.45) is -0.321. The van der Waals surface area contributed by atoms with Crippen molar-refractivity contribution in [2.45, 2.75) is 19.4 Å². The summed E-state index contributed by atoms with van der Waals surface area (Å²) in [6, 6.07) is 9.97. The second-order valence-electron chi connectivity index (χ2n) is 6.62. The van der Waals surface area contributed by atoms with Crippen LogP contribution >= 0.6 is 0 Å². The number of para-hydroxylation sites is 1. The SMILES string of the molecule is CON(C)CC(=O)N(C(=O)[C@H](C)NC(=O)Cc1cc(F)cc(F)c1)c1ccccc1. The molecule has 0 aliphatic rings. The van der Waals surface area contributed by atoms with Crippen molar-refractivity contribution in [3.63, 3.8) is 0 Å². The van der Waals surface area contributed by atoms with Gasteiger partial charge in [0.15, 0.2) is 0 Å². The Morgan fingerprint density at radius 3 is 2.23 bits per heavy atom. The summed E-state index contributed by atoms with van der Waals surface area (Å²) >= 11 is 0. The van der Waals surface area contributed by atoms with Crippen LogP contribution in [0, 0.1) is 11.6 Å². The van der Waals surface area contributed by atoms with Crippen LogP contribution in [0.5, 0.6) is 0 Å². The van der Waals surface area contributed by atoms with Gasteiger partial charge in [0.25, 0.3) is 5.91 Å². The van der Waals surface area contributed by atoms with Gasteiger partial charge in [0.1, 0.15) is 24.2 Å². The van der Waals surface area contributed by atoms with Crippen LogP contribution in [0.1, 0.15) is 12.5 Å². The van der Waals surface area contributed by atoms with Crippen LogP contribution in [0.3, 0.4) is 0 Å². The molecule has 160 valence electrons. The van der Waals surface area contributed by atoms with Crippen LogP contribution in [0.15, 0.2) is 48.5 Å². The van der Waals surface area contributed by atoms with E-state index in [4.69, 9.17) is 4.84 Å². The third-order valence-electron chi connectivity index (χ3n) is 4.19. The van der Waals surface area contributed by atoms with Crippen molar-refractivity contribution < 1.29 is 28.0 Å². The maximum atomic E-state index is 13.3. The number of hydroxylamine groups is 2. The lowest BCUT2D eigenvalue weighted by Crippen LogP contribution is -2.51. The minimum Gasteiger partial charge on any atom is -0.344 e. The van der Waals surface area contributed by atoms with Crippen molar-refractivity contribution in [1.82, 2.24) is 10.4 Å². The summed E-state index contributed by atoms with van der Waals surface area (Å²) in [6.45, 7) is 1.23. The van der Waals surface area contributed by atoms with Gasteiger partial charge in [0, 0.05) is 13.1 Å². The molecule has 0 spiro atoms. The van der Waals surface area contributed by atoms with Crippen molar-refractivity contribution in [2.24, 2.45) is 0 Å². The number of nitrogens with zero attached hydrogens (tertiary/aromatic N) is 2. The fraction of sp³-hybridized carbons (Fsp3) is 0.286. The van der Waals surface area contributed by atoms with Crippen molar-refractivity contribution in [2.75, 3.05) is 25.6 Å². The third kappa shape index (κ3) is 6.43. The van der Waals surface area contributed by atoms with E-state index in [1.807, 2.05) is 0 Å². The number of halogens is 2. The van der Waals surface area contributed by atoms with E-state index in [2.05, 4.69) is 5.32 Å². The maximum Gasteiger partial charge on any atom is 0.256 e. The summed E-state index contributed by atoms with van der Waals surface area (Å²) in [5.41, 5.74) is 0.465. The molecule has 2 aromatic rings. The van der Waals surface area contributed by atoms with E-state index in [1.54, 1.807) is 30.3 Å². The molecule has 1 atom stereocenters. The normalized spacial score (nSPS) is 11.8. The zero-order chi connectivity index (χ0) is 22.3. The van der Waals surface area contributed by atoms with Gasteiger partial charge in [0.05, 0.1) is 19.2 Å². The molecule has 1 N–H and O–H groups in total. The van der Waals surface area contributed by atoms with Crippen LogP contribution in [-0.4, -0.2) is 49.5 Å². The van der Waals surface area contributed by atoms with Gasteiger partial charge >= 0.3 is 0 Å². The zero-order valence-corrected chi connectivity index (χ0v) is 16.9. The number of nitrogens with one attached hydrogen (secondary N) is 1. The molecular formula is C21H23F2N3O4. The Morgan fingerprint density at radius 2 is 1.67 bits per heavy atom. The third-order valence-corrected chi connectivity index (χ3v) is 4.19. The molecule has 3 amide bonds. The fourth-order valence-electron chi connectivity index (χ4n) is 2.74. The second kappa shape index (κ2) is 10.6. The topological polar surface area (TPSA) is 79.0 Å². The van der Waals surface area contributed by atoms with Gasteiger partial charge in [0.2, 0.25) is 11.8 Å². The van der Waals surface area contributed by atoms with Crippen LogP contribution in [0.2, 0.25) is 0 Å². The average molecular weight is 419 g/mol. The number of amides is 3. The zero-order valence-electron chi connectivity index (χ0n) is 16.9. The second-order valence-corrected chi connectivity index (χ2v) is 6.62. The first-order chi connectivity index (χ1) is 14.2. The molecule has 2 aromatic carbocycles. The quantitative estimate of drug-likeness (QED) is 0.663. The Balaban J connectivity index is 2.14. The maximum absolute atomic E-state index is 13.3. The summed E-state index contributed by atoms with van der Waals surface area (Å²) in [5.74, 6) is -3.43. The van der Waals surface area contributed by atoms with E-state index in [-0.39, 0.29) is 18.5 Å². The van der Waals surface area contributed by atoms with Crippen molar-refractivity contribution in [3.05, 3.63) is 65.7 Å². The molecule has 0 saturated heterocycles. The van der Waals surface area contributed by atoms with E-state index < -0.39 is 35.4 Å². The lowest BCUT2D eigenvalue weighted by molar-refractivity contribution is -0.142. The molecule has 0 fully saturated rings. The van der Waals surface area contributed by atoms with Crippen molar-refractivity contribution in [3.8, 4) is 0 Å². The minimum absolute atomic E-state index is 0.127. The molecule has 0 unspecified atom stereocenters. The first-order valence-electron chi connectivity index (χ1n) is 9.12. The molecule has 9 heteroatoms. The molecule has 2 rings (SSSR count). The van der Waals surface area contributed by atoms with Gasteiger partial charge in [-0.3, -0.25) is 14.4 Å². The van der Waals surface area contributed by atoms with Crippen LogP contribution in [-0.2, 0) is 25.6 Å². The number of imide groups is 1. The van der Waals surface area contributed by atoms with E-state index in [1.165, 1.54) is 26.1 Å². The number of carbonyl (C=O) groups is 3. The highest BCUT2D eigenvalue weighted by Crippen LogP contribution is 2.16. The predicted molar refractivity (Wildman–Crippen MR) is 106 cm³/mol. The van der Waals surface area contributed by atoms with Crippen LogP contribution < -0.4 is 10.2 Å². The molecule has 0 aliphatic heterocycles. The Kier molecular flexibility index (Phi) is 8.14. The Bertz CT molecular complexity index is 888. The number of benzene rings is 2. The number of rotatable bonds is 8. The van der Waals surface area contributed by atoms with Crippen LogP contribution in [0.25, 0.3) is 0 Å². The Labute approximate surface area is 173 Å². The van der Waals surface area contributed by atoms with Crippen molar-refractivity contribution in [1.29, 1.82) is 0 Å². The molecule has 0 bridgehead atoms. The molecule has 0 radical (unpaired) electrons. The fourth-order valence-corrected chi connectivity index (χ4v) is 2.74. The van der Waals surface area contributed by atoms with Gasteiger partial charge in [-0.25, -0.2) is 13.7 Å². The molecule has 0 heterocycles. The Morgan fingerprint density at radius 1 is 1.07 bits per heavy atom. The average Bonchev–Trinajstić information content (AvgIpc) is 2.67. The number of hydrogen-bond donors (Lipinski definition) is 1. The van der Waals surface area contributed by atoms with Gasteiger partial charge in [-0.1, -0.05) is 18.2 Å². The van der Waals surface area contributed by atoms with E-state index >= 15 is 0 Å². The van der Waals surface area contributed by atoms with Gasteiger partial charge < -0.3 is 10.2 Å². The molecule has 30 heavy (non-hydrogen) atoms. The number of hydrogen-bond acceptors (Lipinski definition) is 5. The highest BCUT2D eigenvalue weighted by atomic mass is 19.1. The number of likely N-dealkylation sites (N-methyl/N-ethyl adjacent to an activating group) is 1. The van der Waals surface area contributed by atoms with Gasteiger partial charge in [-0.15, -0.1) is 0 Å². The summed E-state index contributed by atoms with van der Waals surface area (Å²) < 4.78 is 26.6. The monoisotopic (exact) mass is 419 g/mol. The lowest BCUT2D eigenvalue weighted by Gasteiger charge is -2.26. The predicted octanol–water partition coefficient (Wildman–Crippen LogP) is 2.06. The molecule has 0 aromatic heterocycles. The summed E-state index contributed by atoms with van der Waals surface area (Å²) in [5, 5.41) is 3.72.